The molecule has 1 amide bonds. The Morgan fingerprint density at radius 2 is 2.00 bits per heavy atom. The summed E-state index contributed by atoms with van der Waals surface area (Å²) >= 11 is 7.41. The molecule has 1 aromatic carbocycles. The molecule has 156 valence electrons. The van der Waals surface area contributed by atoms with Crippen LogP contribution in [0.2, 0.25) is 5.02 Å². The first kappa shape index (κ1) is 20.5. The van der Waals surface area contributed by atoms with Gasteiger partial charge in [0.25, 0.3) is 5.91 Å². The van der Waals surface area contributed by atoms with Gasteiger partial charge >= 0.3 is 0 Å². The fraction of sp³-hybridized carbons (Fsp3) is 0.316. The second-order valence-electron chi connectivity index (χ2n) is 6.78. The van der Waals surface area contributed by atoms with E-state index >= 15 is 0 Å². The maximum absolute atomic E-state index is 12.6. The van der Waals surface area contributed by atoms with E-state index in [0.717, 1.165) is 31.7 Å². The van der Waals surface area contributed by atoms with Gasteiger partial charge < -0.3 is 15.5 Å². The maximum atomic E-state index is 12.6. The van der Waals surface area contributed by atoms with Crippen LogP contribution in [0.4, 0.5) is 22.7 Å². The van der Waals surface area contributed by atoms with Crippen molar-refractivity contribution in [1.82, 2.24) is 25.3 Å². The summed E-state index contributed by atoms with van der Waals surface area (Å²) in [5.74, 6) is 1.38. The van der Waals surface area contributed by atoms with E-state index in [2.05, 4.69) is 40.8 Å². The number of nitrogens with one attached hydrogen (secondary N) is 3. The largest absolute Gasteiger partial charge is 0.338 e. The van der Waals surface area contributed by atoms with Crippen LogP contribution >= 0.6 is 22.9 Å². The molecule has 30 heavy (non-hydrogen) atoms. The summed E-state index contributed by atoms with van der Waals surface area (Å²) < 4.78 is 0. The Bertz CT molecular complexity index is 1050. The number of aryl methyl sites for hydroxylation is 2. The number of hydrogen-bond donors (Lipinski definition) is 3. The maximum Gasteiger partial charge on any atom is 0.267 e. The number of amides is 1. The van der Waals surface area contributed by atoms with Gasteiger partial charge in [-0.25, -0.2) is 4.98 Å². The minimum absolute atomic E-state index is 0.273. The molecule has 2 aromatic heterocycles. The Morgan fingerprint density at radius 1 is 1.20 bits per heavy atom. The van der Waals surface area contributed by atoms with E-state index in [1.54, 1.807) is 6.07 Å². The summed E-state index contributed by atoms with van der Waals surface area (Å²) in [7, 11) is 0. The lowest BCUT2D eigenvalue weighted by atomic mass is 10.2. The van der Waals surface area contributed by atoms with Gasteiger partial charge in [0.2, 0.25) is 11.9 Å². The molecule has 1 saturated heterocycles. The standard InChI is InChI=1S/C19H21ClN8OS/c1-11-4-3-5-13(20)15(11)25-16(29)14-10-22-19(30-14)27-17-23-12(2)24-18(26-17)28-8-6-21-7-9-28/h3-5,10,21H,6-9H2,1-2H3,(H,25,29)(H,22,23,24,26,27). The molecule has 0 bridgehead atoms. The highest BCUT2D eigenvalue weighted by molar-refractivity contribution is 7.17. The molecule has 1 fully saturated rings. The molecule has 0 saturated carbocycles. The second kappa shape index (κ2) is 8.90. The number of rotatable bonds is 5. The number of carbonyl (C=O) groups is 1. The quantitative estimate of drug-likeness (QED) is 0.551. The van der Waals surface area contributed by atoms with Crippen molar-refractivity contribution >= 4 is 51.6 Å². The van der Waals surface area contributed by atoms with Crippen LogP contribution in [0.15, 0.2) is 24.4 Å². The van der Waals surface area contributed by atoms with Gasteiger partial charge in [-0.2, -0.15) is 15.0 Å². The highest BCUT2D eigenvalue weighted by atomic mass is 35.5. The molecule has 0 aliphatic carbocycles. The molecule has 11 heteroatoms. The number of anilines is 4. The zero-order valence-corrected chi connectivity index (χ0v) is 18.1. The molecule has 3 aromatic rings. The van der Waals surface area contributed by atoms with Crippen LogP contribution < -0.4 is 20.9 Å². The zero-order chi connectivity index (χ0) is 21.1. The summed E-state index contributed by atoms with van der Waals surface area (Å²) in [6.45, 7) is 7.18. The summed E-state index contributed by atoms with van der Waals surface area (Å²) in [4.78, 5) is 32.8. The van der Waals surface area contributed by atoms with E-state index in [4.69, 9.17) is 11.6 Å². The number of hydrogen-bond acceptors (Lipinski definition) is 9. The second-order valence-corrected chi connectivity index (χ2v) is 8.22. The first-order chi connectivity index (χ1) is 14.5. The van der Waals surface area contributed by atoms with E-state index in [1.165, 1.54) is 17.5 Å². The normalized spacial score (nSPS) is 13.9. The highest BCUT2D eigenvalue weighted by Crippen LogP contribution is 2.27. The number of carbonyl (C=O) groups excluding carboxylic acids is 1. The predicted octanol–water partition coefficient (Wildman–Crippen LogP) is 3.00. The van der Waals surface area contributed by atoms with Crippen LogP contribution in [0.25, 0.3) is 0 Å². The molecule has 0 spiro atoms. The lowest BCUT2D eigenvalue weighted by Gasteiger charge is -2.27. The van der Waals surface area contributed by atoms with Gasteiger partial charge in [-0.3, -0.25) is 10.1 Å². The van der Waals surface area contributed by atoms with Crippen molar-refractivity contribution in [3.63, 3.8) is 0 Å². The molecule has 0 atom stereocenters. The average Bonchev–Trinajstić information content (AvgIpc) is 3.19. The van der Waals surface area contributed by atoms with E-state index in [-0.39, 0.29) is 5.91 Å². The van der Waals surface area contributed by atoms with Gasteiger partial charge in [0.15, 0.2) is 5.13 Å². The molecular formula is C19H21ClN8OS. The lowest BCUT2D eigenvalue weighted by Crippen LogP contribution is -2.44. The number of thiazole rings is 1. The molecule has 3 N–H and O–H groups in total. The summed E-state index contributed by atoms with van der Waals surface area (Å²) in [5.41, 5.74) is 1.49. The van der Waals surface area contributed by atoms with Crippen LogP contribution in [0, 0.1) is 13.8 Å². The molecule has 9 nitrogen and oxygen atoms in total. The smallest absolute Gasteiger partial charge is 0.267 e. The number of aromatic nitrogens is 4. The summed E-state index contributed by atoms with van der Waals surface area (Å²) in [6, 6.07) is 5.47. The molecule has 1 aliphatic heterocycles. The third-order valence-corrected chi connectivity index (χ3v) is 5.77. The van der Waals surface area contributed by atoms with Crippen LogP contribution in [0.1, 0.15) is 21.1 Å². The number of para-hydroxylation sites is 1. The Labute approximate surface area is 182 Å². The Balaban J connectivity index is 1.48. The number of halogens is 1. The van der Waals surface area contributed by atoms with E-state index in [0.29, 0.717) is 38.4 Å². The highest BCUT2D eigenvalue weighted by Gasteiger charge is 2.17. The van der Waals surface area contributed by atoms with E-state index in [1.807, 2.05) is 26.0 Å². The van der Waals surface area contributed by atoms with Crippen LogP contribution in [0.3, 0.4) is 0 Å². The van der Waals surface area contributed by atoms with Crippen LogP contribution in [0.5, 0.6) is 0 Å². The van der Waals surface area contributed by atoms with Crippen LogP contribution in [-0.2, 0) is 0 Å². The monoisotopic (exact) mass is 444 g/mol. The third kappa shape index (κ3) is 4.66. The average molecular weight is 445 g/mol. The zero-order valence-electron chi connectivity index (χ0n) is 16.6. The van der Waals surface area contributed by atoms with Crippen molar-refractivity contribution in [3.8, 4) is 0 Å². The van der Waals surface area contributed by atoms with Crippen molar-refractivity contribution in [1.29, 1.82) is 0 Å². The van der Waals surface area contributed by atoms with Gasteiger partial charge in [0.05, 0.1) is 16.9 Å². The predicted molar refractivity (Wildman–Crippen MR) is 119 cm³/mol. The SMILES string of the molecule is Cc1nc(Nc2ncc(C(=O)Nc3c(C)cccc3Cl)s2)nc(N2CCNCC2)n1. The van der Waals surface area contributed by atoms with Gasteiger partial charge in [0.1, 0.15) is 10.7 Å². The minimum atomic E-state index is -0.273. The van der Waals surface area contributed by atoms with Gasteiger partial charge in [-0.15, -0.1) is 0 Å². The van der Waals surface area contributed by atoms with Crippen molar-refractivity contribution in [2.75, 3.05) is 41.7 Å². The third-order valence-electron chi connectivity index (χ3n) is 4.54. The number of piperazine rings is 1. The molecular weight excluding hydrogens is 424 g/mol. The molecule has 1 aliphatic rings. The van der Waals surface area contributed by atoms with Crippen molar-refractivity contribution < 1.29 is 4.79 Å². The molecule has 0 unspecified atom stereocenters. The van der Waals surface area contributed by atoms with Gasteiger partial charge in [0, 0.05) is 26.2 Å². The molecule has 4 rings (SSSR count). The van der Waals surface area contributed by atoms with Gasteiger partial charge in [-0.1, -0.05) is 35.1 Å². The Morgan fingerprint density at radius 3 is 2.77 bits per heavy atom. The van der Waals surface area contributed by atoms with Gasteiger partial charge in [-0.05, 0) is 25.5 Å². The topological polar surface area (TPSA) is 108 Å². The van der Waals surface area contributed by atoms with E-state index in [9.17, 15) is 4.79 Å². The molecule has 3 heterocycles. The van der Waals surface area contributed by atoms with Crippen molar-refractivity contribution in [2.24, 2.45) is 0 Å². The molecule has 0 radical (unpaired) electrons. The summed E-state index contributed by atoms with van der Waals surface area (Å²) in [6.07, 6.45) is 1.51. The fourth-order valence-corrected chi connectivity index (χ4v) is 4.00. The number of benzene rings is 1. The Kier molecular flexibility index (Phi) is 6.07. The van der Waals surface area contributed by atoms with Crippen molar-refractivity contribution in [3.05, 3.63) is 45.7 Å². The van der Waals surface area contributed by atoms with Crippen LogP contribution in [-0.4, -0.2) is 52.0 Å². The lowest BCUT2D eigenvalue weighted by molar-refractivity contribution is 0.103. The first-order valence-electron chi connectivity index (χ1n) is 9.47. The first-order valence-corrected chi connectivity index (χ1v) is 10.7. The fourth-order valence-electron chi connectivity index (χ4n) is 3.03. The minimum Gasteiger partial charge on any atom is -0.338 e. The number of nitrogens with zero attached hydrogens (tertiary/aromatic N) is 5. The summed E-state index contributed by atoms with van der Waals surface area (Å²) in [5, 5.41) is 10.3. The Hall–Kier alpha value is -2.82. The van der Waals surface area contributed by atoms with Crippen molar-refractivity contribution in [2.45, 2.75) is 13.8 Å². The van der Waals surface area contributed by atoms with E-state index < -0.39 is 0 Å².